The third-order valence-corrected chi connectivity index (χ3v) is 3.63. The molecular weight excluding hydrogens is 286 g/mol. The van der Waals surface area contributed by atoms with E-state index in [0.29, 0.717) is 6.54 Å². The van der Waals surface area contributed by atoms with Crippen LogP contribution in [0.15, 0.2) is 18.2 Å². The minimum absolute atomic E-state index is 0.0634. The number of rotatable bonds is 5. The van der Waals surface area contributed by atoms with Crippen molar-refractivity contribution in [3.05, 3.63) is 35.4 Å². The summed E-state index contributed by atoms with van der Waals surface area (Å²) in [4.78, 5) is 22.6. The molecule has 0 unspecified atom stereocenters. The van der Waals surface area contributed by atoms with E-state index < -0.39 is 28.8 Å². The highest BCUT2D eigenvalue weighted by atomic mass is 32.2. The molecule has 0 radical (unpaired) electrons. The highest BCUT2D eigenvalue weighted by Crippen LogP contribution is 2.31. The zero-order chi connectivity index (χ0) is 15.1. The third-order valence-electron chi connectivity index (χ3n) is 2.46. The van der Waals surface area contributed by atoms with E-state index in [1.807, 2.05) is 0 Å². The first-order chi connectivity index (χ1) is 9.45. The Morgan fingerprint density at radius 3 is 2.45 bits per heavy atom. The van der Waals surface area contributed by atoms with Gasteiger partial charge in [0.05, 0.1) is 5.75 Å². The van der Waals surface area contributed by atoms with E-state index in [2.05, 4.69) is 10.6 Å². The zero-order valence-corrected chi connectivity index (χ0v) is 12.0. The quantitative estimate of drug-likeness (QED) is 0.879. The van der Waals surface area contributed by atoms with Crippen molar-refractivity contribution in [2.45, 2.75) is 19.1 Å². The number of hydrogen-bond donors (Lipinski definition) is 2. The van der Waals surface area contributed by atoms with Crippen LogP contribution in [0.3, 0.4) is 0 Å². The minimum atomic E-state index is -0.644. The maximum atomic E-state index is 13.5. The van der Waals surface area contributed by atoms with Crippen LogP contribution in [0, 0.1) is 11.6 Å². The van der Waals surface area contributed by atoms with E-state index in [4.69, 9.17) is 0 Å². The molecule has 0 spiro atoms. The molecule has 0 heterocycles. The van der Waals surface area contributed by atoms with E-state index >= 15 is 0 Å². The molecular formula is C13H16F2N2O2S. The Balaban J connectivity index is 2.53. The Morgan fingerprint density at radius 1 is 1.30 bits per heavy atom. The van der Waals surface area contributed by atoms with Crippen molar-refractivity contribution < 1.29 is 18.4 Å². The van der Waals surface area contributed by atoms with Gasteiger partial charge in [0.25, 0.3) is 0 Å². The normalized spacial score (nSPS) is 11.8. The maximum absolute atomic E-state index is 13.5. The van der Waals surface area contributed by atoms with Gasteiger partial charge in [0.1, 0.15) is 11.6 Å². The van der Waals surface area contributed by atoms with Gasteiger partial charge in [0.2, 0.25) is 5.91 Å². The summed E-state index contributed by atoms with van der Waals surface area (Å²) in [5, 5.41) is 4.00. The summed E-state index contributed by atoms with van der Waals surface area (Å²) in [5.74, 6) is -1.86. The van der Waals surface area contributed by atoms with Gasteiger partial charge in [-0.25, -0.2) is 13.6 Å². The van der Waals surface area contributed by atoms with Gasteiger partial charge in [-0.3, -0.25) is 10.1 Å². The van der Waals surface area contributed by atoms with Crippen molar-refractivity contribution in [1.29, 1.82) is 0 Å². The molecule has 2 N–H and O–H groups in total. The summed E-state index contributed by atoms with van der Waals surface area (Å²) in [5.41, 5.74) is -0.0664. The van der Waals surface area contributed by atoms with Crippen LogP contribution in [0.4, 0.5) is 13.6 Å². The average molecular weight is 302 g/mol. The zero-order valence-electron chi connectivity index (χ0n) is 11.2. The lowest BCUT2D eigenvalue weighted by atomic mass is 10.1. The smallest absolute Gasteiger partial charge is 0.321 e. The van der Waals surface area contributed by atoms with Gasteiger partial charge in [0.15, 0.2) is 0 Å². The van der Waals surface area contributed by atoms with Crippen molar-refractivity contribution in [1.82, 2.24) is 10.6 Å². The molecule has 3 amide bonds. The number of hydrogen-bond acceptors (Lipinski definition) is 3. The molecule has 1 atom stereocenters. The SMILES string of the molecule is CCNC(=O)NC(=O)CS[C@H](C)c1c(F)cccc1F. The van der Waals surface area contributed by atoms with E-state index in [0.717, 1.165) is 11.8 Å². The number of urea groups is 1. The summed E-state index contributed by atoms with van der Waals surface area (Å²) in [6.45, 7) is 3.73. The summed E-state index contributed by atoms with van der Waals surface area (Å²) >= 11 is 1.05. The lowest BCUT2D eigenvalue weighted by Gasteiger charge is -2.13. The van der Waals surface area contributed by atoms with Gasteiger partial charge in [-0.05, 0) is 26.0 Å². The second kappa shape index (κ2) is 7.84. The van der Waals surface area contributed by atoms with Crippen LogP contribution in [0.5, 0.6) is 0 Å². The molecule has 0 aliphatic rings. The van der Waals surface area contributed by atoms with Crippen molar-refractivity contribution in [3.63, 3.8) is 0 Å². The number of nitrogens with one attached hydrogen (secondary N) is 2. The molecule has 4 nitrogen and oxygen atoms in total. The molecule has 0 aliphatic heterocycles. The van der Waals surface area contributed by atoms with E-state index in [1.165, 1.54) is 18.2 Å². The molecule has 0 saturated carbocycles. The van der Waals surface area contributed by atoms with Gasteiger partial charge >= 0.3 is 6.03 Å². The molecule has 0 fully saturated rings. The van der Waals surface area contributed by atoms with Gasteiger partial charge < -0.3 is 5.32 Å². The second-order valence-electron chi connectivity index (χ2n) is 4.00. The Bertz CT molecular complexity index is 477. The number of halogens is 2. The Kier molecular flexibility index (Phi) is 6.44. The minimum Gasteiger partial charge on any atom is -0.338 e. The Morgan fingerprint density at radius 2 is 1.90 bits per heavy atom. The number of imide groups is 1. The first-order valence-corrected chi connectivity index (χ1v) is 7.13. The van der Waals surface area contributed by atoms with Crippen molar-refractivity contribution in [2.24, 2.45) is 0 Å². The molecule has 0 bridgehead atoms. The highest BCUT2D eigenvalue weighted by Gasteiger charge is 2.18. The Labute approximate surface area is 120 Å². The average Bonchev–Trinajstić information content (AvgIpc) is 2.36. The lowest BCUT2D eigenvalue weighted by Crippen LogP contribution is -2.40. The fourth-order valence-electron chi connectivity index (χ4n) is 1.55. The van der Waals surface area contributed by atoms with Gasteiger partial charge in [-0.2, -0.15) is 0 Å². The maximum Gasteiger partial charge on any atom is 0.321 e. The van der Waals surface area contributed by atoms with E-state index in [9.17, 15) is 18.4 Å². The highest BCUT2D eigenvalue weighted by molar-refractivity contribution is 8.00. The molecule has 110 valence electrons. The number of thioether (sulfide) groups is 1. The summed E-state index contributed by atoms with van der Waals surface area (Å²) < 4.78 is 27.0. The Hall–Kier alpha value is -1.63. The first-order valence-electron chi connectivity index (χ1n) is 6.08. The fraction of sp³-hybridized carbons (Fsp3) is 0.385. The topological polar surface area (TPSA) is 58.2 Å². The van der Waals surface area contributed by atoms with Gasteiger partial charge in [-0.15, -0.1) is 11.8 Å². The second-order valence-corrected chi connectivity index (χ2v) is 5.33. The number of carbonyl (C=O) groups is 2. The summed E-state index contributed by atoms with van der Waals surface area (Å²) in [6.07, 6.45) is 0. The molecule has 20 heavy (non-hydrogen) atoms. The molecule has 0 aromatic heterocycles. The van der Waals surface area contributed by atoms with Crippen LogP contribution in [-0.2, 0) is 4.79 Å². The molecule has 7 heteroatoms. The van der Waals surface area contributed by atoms with Crippen LogP contribution in [0.1, 0.15) is 24.7 Å². The summed E-state index contributed by atoms with van der Waals surface area (Å²) in [7, 11) is 0. The summed E-state index contributed by atoms with van der Waals surface area (Å²) in [6, 6.07) is 3.05. The molecule has 0 saturated heterocycles. The molecule has 1 aromatic carbocycles. The van der Waals surface area contributed by atoms with Crippen molar-refractivity contribution in [2.75, 3.05) is 12.3 Å². The van der Waals surface area contributed by atoms with E-state index in [1.54, 1.807) is 13.8 Å². The fourth-order valence-corrected chi connectivity index (χ4v) is 2.42. The van der Waals surface area contributed by atoms with Crippen LogP contribution < -0.4 is 10.6 Å². The van der Waals surface area contributed by atoms with Crippen molar-refractivity contribution in [3.8, 4) is 0 Å². The molecule has 0 aliphatic carbocycles. The van der Waals surface area contributed by atoms with Crippen molar-refractivity contribution >= 4 is 23.7 Å². The predicted molar refractivity (Wildman–Crippen MR) is 74.4 cm³/mol. The van der Waals surface area contributed by atoms with Crippen LogP contribution in [0.25, 0.3) is 0 Å². The lowest BCUT2D eigenvalue weighted by molar-refractivity contribution is -0.117. The standard InChI is InChI=1S/C13H16F2N2O2S/c1-3-16-13(19)17-11(18)7-20-8(2)12-9(14)5-4-6-10(12)15/h4-6,8H,3,7H2,1-2H3,(H2,16,17,18,19)/t8-/m1/s1. The number of carbonyl (C=O) groups excluding carboxylic acids is 2. The van der Waals surface area contributed by atoms with Crippen LogP contribution in [0.2, 0.25) is 0 Å². The van der Waals surface area contributed by atoms with Gasteiger partial charge in [0, 0.05) is 17.4 Å². The number of amides is 3. The largest absolute Gasteiger partial charge is 0.338 e. The molecule has 1 rings (SSSR count). The predicted octanol–water partition coefficient (Wildman–Crippen LogP) is 2.60. The number of benzene rings is 1. The van der Waals surface area contributed by atoms with Crippen LogP contribution in [-0.4, -0.2) is 24.2 Å². The third kappa shape index (κ3) is 4.80. The first kappa shape index (κ1) is 16.4. The van der Waals surface area contributed by atoms with Crippen LogP contribution >= 0.6 is 11.8 Å². The van der Waals surface area contributed by atoms with Gasteiger partial charge in [-0.1, -0.05) is 6.07 Å². The monoisotopic (exact) mass is 302 g/mol. The molecule has 1 aromatic rings. The van der Waals surface area contributed by atoms with E-state index in [-0.39, 0.29) is 11.3 Å².